The van der Waals surface area contributed by atoms with Crippen LogP contribution in [0.2, 0.25) is 0 Å². The number of carbonyl (C=O) groups excluding carboxylic acids is 2. The monoisotopic (exact) mass is 256 g/mol. The van der Waals surface area contributed by atoms with Gasteiger partial charge in [0.05, 0.1) is 7.11 Å². The van der Waals surface area contributed by atoms with Gasteiger partial charge < -0.3 is 15.0 Å². The molecule has 18 heavy (non-hydrogen) atoms. The third kappa shape index (κ3) is 4.55. The number of nitrogens with one attached hydrogen (secondary N) is 1. The van der Waals surface area contributed by atoms with E-state index in [0.29, 0.717) is 0 Å². The molecule has 5 heteroatoms. The van der Waals surface area contributed by atoms with Crippen LogP contribution in [0, 0.1) is 0 Å². The number of ether oxygens (including phenoxy) is 1. The van der Waals surface area contributed by atoms with Gasteiger partial charge in [0.1, 0.15) is 6.54 Å². The van der Waals surface area contributed by atoms with Crippen LogP contribution in [0.1, 0.15) is 46.0 Å². The van der Waals surface area contributed by atoms with Gasteiger partial charge >= 0.3 is 12.0 Å². The second kappa shape index (κ2) is 7.24. The predicted molar refractivity (Wildman–Crippen MR) is 69.3 cm³/mol. The summed E-state index contributed by atoms with van der Waals surface area (Å²) in [5.41, 5.74) is 0. The first-order valence-electron chi connectivity index (χ1n) is 6.68. The summed E-state index contributed by atoms with van der Waals surface area (Å²) in [4.78, 5) is 24.9. The van der Waals surface area contributed by atoms with Gasteiger partial charge in [-0.3, -0.25) is 4.79 Å². The summed E-state index contributed by atoms with van der Waals surface area (Å²) in [7, 11) is 1.33. The summed E-state index contributed by atoms with van der Waals surface area (Å²) in [6, 6.07) is 0.0696. The molecular weight excluding hydrogens is 232 g/mol. The SMILES string of the molecule is COC(=O)CN(C(=O)NC1CCCCC1)C(C)C. The molecule has 0 heterocycles. The Kier molecular flexibility index (Phi) is 5.95. The van der Waals surface area contributed by atoms with E-state index in [1.54, 1.807) is 0 Å². The zero-order chi connectivity index (χ0) is 13.5. The minimum absolute atomic E-state index is 0.00667. The zero-order valence-electron chi connectivity index (χ0n) is 11.6. The Morgan fingerprint density at radius 2 is 1.89 bits per heavy atom. The van der Waals surface area contributed by atoms with Crippen molar-refractivity contribution < 1.29 is 14.3 Å². The third-order valence-corrected chi connectivity index (χ3v) is 3.34. The van der Waals surface area contributed by atoms with Crippen LogP contribution in [0.25, 0.3) is 0 Å². The van der Waals surface area contributed by atoms with E-state index in [0.717, 1.165) is 12.8 Å². The molecule has 1 fully saturated rings. The molecule has 0 unspecified atom stereocenters. The maximum absolute atomic E-state index is 12.1. The van der Waals surface area contributed by atoms with Crippen molar-refractivity contribution in [3.05, 3.63) is 0 Å². The van der Waals surface area contributed by atoms with Gasteiger partial charge in [-0.25, -0.2) is 4.79 Å². The van der Waals surface area contributed by atoms with Crippen molar-refractivity contribution in [2.75, 3.05) is 13.7 Å². The van der Waals surface area contributed by atoms with Crippen LogP contribution >= 0.6 is 0 Å². The molecule has 1 aliphatic rings. The lowest BCUT2D eigenvalue weighted by atomic mass is 9.96. The minimum atomic E-state index is -0.387. The van der Waals surface area contributed by atoms with Crippen LogP contribution in [0.4, 0.5) is 4.79 Å². The first-order valence-corrected chi connectivity index (χ1v) is 6.68. The molecule has 2 amide bonds. The molecule has 5 nitrogen and oxygen atoms in total. The maximum atomic E-state index is 12.1. The molecule has 0 radical (unpaired) electrons. The second-order valence-electron chi connectivity index (χ2n) is 5.08. The van der Waals surface area contributed by atoms with Gasteiger partial charge in [0.15, 0.2) is 0 Å². The molecule has 1 saturated carbocycles. The molecule has 1 rings (SSSR count). The van der Waals surface area contributed by atoms with Crippen molar-refractivity contribution in [1.82, 2.24) is 10.2 Å². The maximum Gasteiger partial charge on any atom is 0.325 e. The average molecular weight is 256 g/mol. The number of rotatable bonds is 4. The van der Waals surface area contributed by atoms with Crippen LogP contribution in [-0.4, -0.2) is 42.6 Å². The van der Waals surface area contributed by atoms with Crippen molar-refractivity contribution in [3.8, 4) is 0 Å². The molecule has 0 spiro atoms. The summed E-state index contributed by atoms with van der Waals surface area (Å²) in [6.45, 7) is 3.79. The summed E-state index contributed by atoms with van der Waals surface area (Å²) < 4.78 is 4.61. The Bertz CT molecular complexity index is 286. The first kappa shape index (κ1) is 14.8. The quantitative estimate of drug-likeness (QED) is 0.782. The van der Waals surface area contributed by atoms with E-state index in [2.05, 4.69) is 10.1 Å². The number of amides is 2. The number of esters is 1. The van der Waals surface area contributed by atoms with Gasteiger partial charge in [-0.15, -0.1) is 0 Å². The van der Waals surface area contributed by atoms with Gasteiger partial charge in [0.25, 0.3) is 0 Å². The smallest absolute Gasteiger partial charge is 0.325 e. The zero-order valence-corrected chi connectivity index (χ0v) is 11.6. The molecule has 0 aromatic rings. The van der Waals surface area contributed by atoms with Crippen LogP contribution in [0.3, 0.4) is 0 Å². The predicted octanol–water partition coefficient (Wildman–Crippen LogP) is 1.91. The van der Waals surface area contributed by atoms with Crippen molar-refractivity contribution in [2.24, 2.45) is 0 Å². The third-order valence-electron chi connectivity index (χ3n) is 3.34. The van der Waals surface area contributed by atoms with Gasteiger partial charge in [-0.2, -0.15) is 0 Å². The molecule has 104 valence electrons. The van der Waals surface area contributed by atoms with E-state index in [-0.39, 0.29) is 30.6 Å². The normalized spacial score (nSPS) is 16.4. The summed E-state index contributed by atoms with van der Waals surface area (Å²) in [5, 5.41) is 3.01. The number of hydrogen-bond acceptors (Lipinski definition) is 3. The standard InChI is InChI=1S/C13H24N2O3/c1-10(2)15(9-12(16)18-3)13(17)14-11-7-5-4-6-8-11/h10-11H,4-9H2,1-3H3,(H,14,17). The second-order valence-corrected chi connectivity index (χ2v) is 5.08. The van der Waals surface area contributed by atoms with Crippen molar-refractivity contribution in [3.63, 3.8) is 0 Å². The van der Waals surface area contributed by atoms with Crippen LogP contribution in [0.15, 0.2) is 0 Å². The molecular formula is C13H24N2O3. The Hall–Kier alpha value is -1.26. The van der Waals surface area contributed by atoms with Gasteiger partial charge in [0, 0.05) is 12.1 Å². The lowest BCUT2D eigenvalue weighted by Gasteiger charge is -2.30. The van der Waals surface area contributed by atoms with Crippen LogP contribution < -0.4 is 5.32 Å². The van der Waals surface area contributed by atoms with E-state index < -0.39 is 0 Å². The lowest BCUT2D eigenvalue weighted by Crippen LogP contribution is -2.50. The number of nitrogens with zero attached hydrogens (tertiary/aromatic N) is 1. The largest absolute Gasteiger partial charge is 0.468 e. The average Bonchev–Trinajstić information content (AvgIpc) is 2.36. The Labute approximate surface area is 109 Å². The molecule has 1 N–H and O–H groups in total. The van der Waals surface area contributed by atoms with Crippen molar-refractivity contribution in [1.29, 1.82) is 0 Å². The molecule has 0 saturated heterocycles. The van der Waals surface area contributed by atoms with E-state index in [1.165, 1.54) is 31.3 Å². The number of methoxy groups -OCH3 is 1. The van der Waals surface area contributed by atoms with Crippen LogP contribution in [0.5, 0.6) is 0 Å². The summed E-state index contributed by atoms with van der Waals surface area (Å²) in [6.07, 6.45) is 5.67. The Morgan fingerprint density at radius 1 is 1.28 bits per heavy atom. The van der Waals surface area contributed by atoms with Gasteiger partial charge in [-0.05, 0) is 26.7 Å². The van der Waals surface area contributed by atoms with Crippen LogP contribution in [-0.2, 0) is 9.53 Å². The van der Waals surface area contributed by atoms with E-state index in [9.17, 15) is 9.59 Å². The first-order chi connectivity index (χ1) is 8.54. The number of urea groups is 1. The highest BCUT2D eigenvalue weighted by Gasteiger charge is 2.23. The molecule has 0 atom stereocenters. The summed E-state index contributed by atoms with van der Waals surface area (Å²) in [5.74, 6) is -0.387. The molecule has 0 aromatic carbocycles. The van der Waals surface area contributed by atoms with Crippen molar-refractivity contribution in [2.45, 2.75) is 58.0 Å². The highest BCUT2D eigenvalue weighted by Crippen LogP contribution is 2.17. The topological polar surface area (TPSA) is 58.6 Å². The Balaban J connectivity index is 2.50. The molecule has 1 aliphatic carbocycles. The fourth-order valence-corrected chi connectivity index (χ4v) is 2.20. The molecule has 0 bridgehead atoms. The van der Waals surface area contributed by atoms with E-state index in [1.807, 2.05) is 13.8 Å². The van der Waals surface area contributed by atoms with E-state index in [4.69, 9.17) is 0 Å². The molecule has 0 aromatic heterocycles. The van der Waals surface area contributed by atoms with Gasteiger partial charge in [-0.1, -0.05) is 19.3 Å². The fourth-order valence-electron chi connectivity index (χ4n) is 2.20. The van der Waals surface area contributed by atoms with Crippen molar-refractivity contribution >= 4 is 12.0 Å². The molecule has 0 aliphatic heterocycles. The highest BCUT2D eigenvalue weighted by atomic mass is 16.5. The Morgan fingerprint density at radius 3 is 2.39 bits per heavy atom. The number of carbonyl (C=O) groups is 2. The highest BCUT2D eigenvalue weighted by molar-refractivity contribution is 5.81. The minimum Gasteiger partial charge on any atom is -0.468 e. The fraction of sp³-hybridized carbons (Fsp3) is 0.846. The summed E-state index contributed by atoms with van der Waals surface area (Å²) >= 11 is 0. The van der Waals surface area contributed by atoms with E-state index >= 15 is 0 Å². The number of hydrogen-bond donors (Lipinski definition) is 1. The lowest BCUT2D eigenvalue weighted by molar-refractivity contribution is -0.141. The van der Waals surface area contributed by atoms with Gasteiger partial charge in [0.2, 0.25) is 0 Å².